The van der Waals surface area contributed by atoms with Crippen LogP contribution in [0.4, 0.5) is 0 Å². The van der Waals surface area contributed by atoms with Crippen LogP contribution in [0.2, 0.25) is 0 Å². The van der Waals surface area contributed by atoms with Crippen LogP contribution < -0.4 is 5.73 Å². The first kappa shape index (κ1) is 17.2. The SMILES string of the molecule is CCCN1CCN(C2(CN)CC(C)(C)CC(C)(C)C2)CC1. The van der Waals surface area contributed by atoms with E-state index in [0.29, 0.717) is 10.8 Å². The minimum absolute atomic E-state index is 0.226. The molecule has 0 radical (unpaired) electrons. The Balaban J connectivity index is 2.11. The van der Waals surface area contributed by atoms with Crippen LogP contribution in [0.3, 0.4) is 0 Å². The minimum Gasteiger partial charge on any atom is -0.329 e. The van der Waals surface area contributed by atoms with Crippen LogP contribution in [-0.4, -0.2) is 54.6 Å². The Hall–Kier alpha value is -0.120. The number of rotatable bonds is 4. The average Bonchev–Trinajstić information content (AvgIpc) is 2.36. The molecule has 1 saturated heterocycles. The first-order chi connectivity index (χ1) is 9.72. The largest absolute Gasteiger partial charge is 0.329 e. The molecule has 2 fully saturated rings. The van der Waals surface area contributed by atoms with E-state index < -0.39 is 0 Å². The van der Waals surface area contributed by atoms with Gasteiger partial charge in [-0.15, -0.1) is 0 Å². The van der Waals surface area contributed by atoms with Gasteiger partial charge in [0.2, 0.25) is 0 Å². The number of piperazine rings is 1. The van der Waals surface area contributed by atoms with Gasteiger partial charge in [0.15, 0.2) is 0 Å². The monoisotopic (exact) mass is 295 g/mol. The van der Waals surface area contributed by atoms with Crippen molar-refractivity contribution in [2.24, 2.45) is 16.6 Å². The Bertz CT molecular complexity index is 324. The summed E-state index contributed by atoms with van der Waals surface area (Å²) in [4.78, 5) is 5.35. The first-order valence-corrected chi connectivity index (χ1v) is 8.89. The molecule has 0 unspecified atom stereocenters. The van der Waals surface area contributed by atoms with Gasteiger partial charge in [-0.1, -0.05) is 34.6 Å². The number of hydrogen-bond acceptors (Lipinski definition) is 3. The predicted octanol–water partition coefficient (Wildman–Crippen LogP) is 2.95. The molecule has 0 amide bonds. The van der Waals surface area contributed by atoms with Gasteiger partial charge in [-0.2, -0.15) is 0 Å². The number of hydrogen-bond donors (Lipinski definition) is 1. The Morgan fingerprint density at radius 1 is 0.857 bits per heavy atom. The highest BCUT2D eigenvalue weighted by Gasteiger charge is 2.49. The lowest BCUT2D eigenvalue weighted by molar-refractivity contribution is -0.0607. The quantitative estimate of drug-likeness (QED) is 0.865. The minimum atomic E-state index is 0.226. The van der Waals surface area contributed by atoms with Gasteiger partial charge in [0.1, 0.15) is 0 Å². The molecular weight excluding hydrogens is 258 g/mol. The van der Waals surface area contributed by atoms with Crippen molar-refractivity contribution in [3.63, 3.8) is 0 Å². The van der Waals surface area contributed by atoms with E-state index >= 15 is 0 Å². The lowest BCUT2D eigenvalue weighted by atomic mass is 9.58. The summed E-state index contributed by atoms with van der Waals surface area (Å²) in [5.74, 6) is 0. The molecule has 1 saturated carbocycles. The third-order valence-corrected chi connectivity index (χ3v) is 5.54. The van der Waals surface area contributed by atoms with Crippen LogP contribution in [0.25, 0.3) is 0 Å². The van der Waals surface area contributed by atoms with Gasteiger partial charge in [-0.3, -0.25) is 4.90 Å². The molecule has 1 aliphatic heterocycles. The summed E-state index contributed by atoms with van der Waals surface area (Å²) in [7, 11) is 0. The summed E-state index contributed by atoms with van der Waals surface area (Å²) in [6, 6.07) is 0. The van der Waals surface area contributed by atoms with Gasteiger partial charge >= 0.3 is 0 Å². The fourth-order valence-corrected chi connectivity index (χ4v) is 5.52. The van der Waals surface area contributed by atoms with Crippen molar-refractivity contribution in [3.8, 4) is 0 Å². The first-order valence-electron chi connectivity index (χ1n) is 8.89. The highest BCUT2D eigenvalue weighted by atomic mass is 15.3. The van der Waals surface area contributed by atoms with E-state index in [4.69, 9.17) is 5.73 Å². The van der Waals surface area contributed by atoms with Gasteiger partial charge < -0.3 is 10.6 Å². The average molecular weight is 296 g/mol. The molecule has 0 aromatic carbocycles. The molecular formula is C18H37N3. The van der Waals surface area contributed by atoms with E-state index in [1.165, 1.54) is 58.4 Å². The second-order valence-corrected chi connectivity index (χ2v) is 9.12. The molecule has 2 aliphatic rings. The molecule has 124 valence electrons. The third-order valence-electron chi connectivity index (χ3n) is 5.54. The normalized spacial score (nSPS) is 29.4. The Kier molecular flexibility index (Phi) is 5.07. The van der Waals surface area contributed by atoms with E-state index in [1.807, 2.05) is 0 Å². The van der Waals surface area contributed by atoms with Gasteiger partial charge in [-0.05, 0) is 43.1 Å². The summed E-state index contributed by atoms with van der Waals surface area (Å²) >= 11 is 0. The van der Waals surface area contributed by atoms with Gasteiger partial charge in [0.25, 0.3) is 0 Å². The van der Waals surface area contributed by atoms with Crippen LogP contribution in [0.1, 0.15) is 60.3 Å². The summed E-state index contributed by atoms with van der Waals surface area (Å²) in [6.07, 6.45) is 5.10. The molecule has 21 heavy (non-hydrogen) atoms. The molecule has 3 heteroatoms. The zero-order valence-electron chi connectivity index (χ0n) is 15.0. The highest BCUT2D eigenvalue weighted by molar-refractivity contribution is 5.05. The molecule has 1 aliphatic carbocycles. The molecule has 0 bridgehead atoms. The van der Waals surface area contributed by atoms with Gasteiger partial charge in [-0.25, -0.2) is 0 Å². The van der Waals surface area contributed by atoms with Crippen LogP contribution in [-0.2, 0) is 0 Å². The van der Waals surface area contributed by atoms with Crippen molar-refractivity contribution in [1.82, 2.24) is 9.80 Å². The molecule has 0 aromatic rings. The molecule has 2 N–H and O–H groups in total. The van der Waals surface area contributed by atoms with Gasteiger partial charge in [0.05, 0.1) is 0 Å². The van der Waals surface area contributed by atoms with Crippen molar-refractivity contribution in [2.45, 2.75) is 65.8 Å². The maximum absolute atomic E-state index is 6.35. The van der Waals surface area contributed by atoms with Crippen LogP contribution in [0, 0.1) is 10.8 Å². The molecule has 0 spiro atoms. The molecule has 3 nitrogen and oxygen atoms in total. The van der Waals surface area contributed by atoms with Crippen molar-refractivity contribution in [1.29, 1.82) is 0 Å². The standard InChI is InChI=1S/C18H37N3/c1-6-7-20-8-10-21(11-9-20)18(15-19)13-16(2,3)12-17(4,5)14-18/h6-15,19H2,1-5H3. The fourth-order valence-electron chi connectivity index (χ4n) is 5.52. The molecule has 2 rings (SSSR count). The van der Waals surface area contributed by atoms with E-state index in [-0.39, 0.29) is 5.54 Å². The maximum atomic E-state index is 6.35. The lowest BCUT2D eigenvalue weighted by Crippen LogP contribution is -2.64. The van der Waals surface area contributed by atoms with Crippen molar-refractivity contribution >= 4 is 0 Å². The smallest absolute Gasteiger partial charge is 0.0342 e. The second-order valence-electron chi connectivity index (χ2n) is 9.12. The van der Waals surface area contributed by atoms with Crippen molar-refractivity contribution in [3.05, 3.63) is 0 Å². The predicted molar refractivity (Wildman–Crippen MR) is 91.5 cm³/mol. The van der Waals surface area contributed by atoms with E-state index in [2.05, 4.69) is 44.4 Å². The summed E-state index contributed by atoms with van der Waals surface area (Å²) in [6.45, 7) is 18.9. The molecule has 1 heterocycles. The second kappa shape index (κ2) is 6.17. The van der Waals surface area contributed by atoms with Crippen LogP contribution in [0.5, 0.6) is 0 Å². The van der Waals surface area contributed by atoms with E-state index in [1.54, 1.807) is 0 Å². The Morgan fingerprint density at radius 3 is 1.81 bits per heavy atom. The lowest BCUT2D eigenvalue weighted by Gasteiger charge is -2.57. The topological polar surface area (TPSA) is 32.5 Å². The van der Waals surface area contributed by atoms with E-state index in [9.17, 15) is 0 Å². The van der Waals surface area contributed by atoms with Crippen LogP contribution >= 0.6 is 0 Å². The molecule has 0 atom stereocenters. The summed E-state index contributed by atoms with van der Waals surface area (Å²) in [5, 5.41) is 0. The zero-order chi connectivity index (χ0) is 15.7. The maximum Gasteiger partial charge on any atom is 0.0342 e. The summed E-state index contributed by atoms with van der Waals surface area (Å²) < 4.78 is 0. The highest BCUT2D eigenvalue weighted by Crippen LogP contribution is 2.51. The van der Waals surface area contributed by atoms with Gasteiger partial charge in [0, 0.05) is 38.3 Å². The fraction of sp³-hybridized carbons (Fsp3) is 1.00. The Morgan fingerprint density at radius 2 is 1.38 bits per heavy atom. The number of nitrogens with two attached hydrogens (primary N) is 1. The number of nitrogens with zero attached hydrogens (tertiary/aromatic N) is 2. The Labute approximate surface area is 132 Å². The molecule has 0 aromatic heterocycles. The van der Waals surface area contributed by atoms with Crippen molar-refractivity contribution < 1.29 is 0 Å². The third kappa shape index (κ3) is 4.00. The summed E-state index contributed by atoms with van der Waals surface area (Å²) in [5.41, 5.74) is 7.38. The van der Waals surface area contributed by atoms with Crippen molar-refractivity contribution in [2.75, 3.05) is 39.3 Å². The van der Waals surface area contributed by atoms with E-state index in [0.717, 1.165) is 6.54 Å². The van der Waals surface area contributed by atoms with Crippen LogP contribution in [0.15, 0.2) is 0 Å². The zero-order valence-corrected chi connectivity index (χ0v) is 15.0.